The van der Waals surface area contributed by atoms with Crippen molar-refractivity contribution in [3.8, 4) is 0 Å². The lowest BCUT2D eigenvalue weighted by Crippen LogP contribution is -2.36. The molecule has 140 valence electrons. The molecule has 0 saturated heterocycles. The van der Waals surface area contributed by atoms with Crippen LogP contribution in [-0.2, 0) is 13.0 Å². The van der Waals surface area contributed by atoms with Gasteiger partial charge in [-0.3, -0.25) is 4.90 Å². The Morgan fingerprint density at radius 1 is 1.22 bits per heavy atom. The maximum atomic E-state index is 6.03. The summed E-state index contributed by atoms with van der Waals surface area (Å²) in [5, 5.41) is 3.66. The van der Waals surface area contributed by atoms with Gasteiger partial charge in [-0.1, -0.05) is 18.6 Å². The third kappa shape index (κ3) is 2.94. The molecule has 4 N–H and O–H groups in total. The molecule has 0 bridgehead atoms. The summed E-state index contributed by atoms with van der Waals surface area (Å²) in [6, 6.07) is 9.75. The lowest BCUT2D eigenvalue weighted by atomic mass is 9.91. The molecule has 0 spiro atoms. The Balaban J connectivity index is 1.40. The average molecular weight is 362 g/mol. The molecule has 1 aliphatic heterocycles. The van der Waals surface area contributed by atoms with Crippen molar-refractivity contribution in [2.24, 2.45) is 0 Å². The molecular formula is C21H26N6. The predicted molar refractivity (Wildman–Crippen MR) is 109 cm³/mol. The predicted octanol–water partition coefficient (Wildman–Crippen LogP) is 3.54. The number of benzene rings is 1. The van der Waals surface area contributed by atoms with Gasteiger partial charge < -0.3 is 16.0 Å². The zero-order valence-electron chi connectivity index (χ0n) is 15.9. The summed E-state index contributed by atoms with van der Waals surface area (Å²) in [7, 11) is 2.25. The van der Waals surface area contributed by atoms with Crippen molar-refractivity contribution < 1.29 is 0 Å². The zero-order chi connectivity index (χ0) is 18.5. The lowest BCUT2D eigenvalue weighted by Gasteiger charge is -2.34. The Bertz CT molecular complexity index is 1000. The van der Waals surface area contributed by atoms with Crippen LogP contribution in [0.3, 0.4) is 0 Å². The first kappa shape index (κ1) is 16.6. The number of anilines is 2. The first-order chi connectivity index (χ1) is 13.1. The minimum Gasteiger partial charge on any atom is -0.384 e. The summed E-state index contributed by atoms with van der Waals surface area (Å²) in [5.74, 6) is 1.38. The van der Waals surface area contributed by atoms with E-state index in [4.69, 9.17) is 5.73 Å². The molecule has 3 aromatic rings. The van der Waals surface area contributed by atoms with Gasteiger partial charge in [-0.15, -0.1) is 0 Å². The summed E-state index contributed by atoms with van der Waals surface area (Å²) in [5.41, 5.74) is 12.8. The third-order valence-corrected chi connectivity index (χ3v) is 6.06. The van der Waals surface area contributed by atoms with Gasteiger partial charge in [-0.2, -0.15) is 0 Å². The normalized spacial score (nSPS) is 19.3. The first-order valence-corrected chi connectivity index (χ1v) is 9.78. The van der Waals surface area contributed by atoms with Gasteiger partial charge in [0.2, 0.25) is 0 Å². The number of nitrogens with one attached hydrogen (secondary N) is 2. The molecule has 6 heteroatoms. The topological polar surface area (TPSA) is 82.9 Å². The monoisotopic (exact) mass is 362 g/mol. The Morgan fingerprint density at radius 2 is 2.07 bits per heavy atom. The smallest absolute Gasteiger partial charge is 0.180 e. The van der Waals surface area contributed by atoms with Gasteiger partial charge in [0, 0.05) is 23.8 Å². The second kappa shape index (κ2) is 6.23. The van der Waals surface area contributed by atoms with Crippen molar-refractivity contribution in [3.05, 3.63) is 46.8 Å². The van der Waals surface area contributed by atoms with E-state index < -0.39 is 0 Å². The van der Waals surface area contributed by atoms with E-state index in [1.54, 1.807) is 0 Å². The van der Waals surface area contributed by atoms with Crippen LogP contribution in [0, 0.1) is 6.92 Å². The molecule has 1 aliphatic carbocycles. The zero-order valence-corrected chi connectivity index (χ0v) is 15.9. The van der Waals surface area contributed by atoms with Crippen molar-refractivity contribution >= 4 is 22.7 Å². The molecule has 1 saturated carbocycles. The van der Waals surface area contributed by atoms with Gasteiger partial charge in [-0.25, -0.2) is 9.97 Å². The number of H-pyrrole nitrogens is 1. The number of aromatic nitrogens is 3. The van der Waals surface area contributed by atoms with Crippen LogP contribution in [0.25, 0.3) is 11.2 Å². The maximum Gasteiger partial charge on any atom is 0.180 e. The van der Waals surface area contributed by atoms with Gasteiger partial charge >= 0.3 is 0 Å². The molecule has 1 atom stereocenters. The van der Waals surface area contributed by atoms with E-state index in [0.717, 1.165) is 35.9 Å². The molecule has 3 heterocycles. The van der Waals surface area contributed by atoms with Crippen LogP contribution in [0.4, 0.5) is 11.5 Å². The highest BCUT2D eigenvalue weighted by Crippen LogP contribution is 2.37. The molecular weight excluding hydrogens is 336 g/mol. The standard InChI is InChI=1S/C21H26N6/c1-12-23-20-16(10-19(22)26-21(20)24-12)18-9-14-8-13(6-7-17(14)25-18)11-27(2)15-4-3-5-15/h6-8,10,15,18,25H,3-5,9,11H2,1-2H3,(H3,22,23,24,26). The van der Waals surface area contributed by atoms with Gasteiger partial charge in [0.25, 0.3) is 0 Å². The number of fused-ring (bicyclic) bond motifs is 2. The van der Waals surface area contributed by atoms with Crippen LogP contribution in [0.2, 0.25) is 0 Å². The minimum absolute atomic E-state index is 0.187. The Morgan fingerprint density at radius 3 is 2.85 bits per heavy atom. The highest BCUT2D eigenvalue weighted by molar-refractivity contribution is 5.79. The molecule has 1 fully saturated rings. The molecule has 1 unspecified atom stereocenters. The fourth-order valence-corrected chi connectivity index (χ4v) is 4.37. The van der Waals surface area contributed by atoms with E-state index >= 15 is 0 Å². The summed E-state index contributed by atoms with van der Waals surface area (Å²) in [6.07, 6.45) is 5.01. The van der Waals surface area contributed by atoms with E-state index in [-0.39, 0.29) is 6.04 Å². The van der Waals surface area contributed by atoms with Gasteiger partial charge in [0.15, 0.2) is 5.65 Å². The van der Waals surface area contributed by atoms with Crippen LogP contribution in [-0.4, -0.2) is 32.9 Å². The third-order valence-electron chi connectivity index (χ3n) is 6.06. The summed E-state index contributed by atoms with van der Waals surface area (Å²) in [6.45, 7) is 2.97. The Hall–Kier alpha value is -2.60. The van der Waals surface area contributed by atoms with E-state index in [1.165, 1.54) is 36.1 Å². The number of nitrogens with zero attached hydrogens (tertiary/aromatic N) is 3. The first-order valence-electron chi connectivity index (χ1n) is 9.78. The number of imidazole rings is 1. The molecule has 6 nitrogen and oxygen atoms in total. The summed E-state index contributed by atoms with van der Waals surface area (Å²) < 4.78 is 0. The van der Waals surface area contributed by atoms with Crippen molar-refractivity contribution in [2.75, 3.05) is 18.1 Å². The summed E-state index contributed by atoms with van der Waals surface area (Å²) >= 11 is 0. The van der Waals surface area contributed by atoms with Crippen LogP contribution in [0.15, 0.2) is 24.3 Å². The van der Waals surface area contributed by atoms with E-state index in [9.17, 15) is 0 Å². The van der Waals surface area contributed by atoms with Crippen LogP contribution in [0.1, 0.15) is 47.8 Å². The van der Waals surface area contributed by atoms with Gasteiger partial charge in [-0.05, 0) is 56.5 Å². The number of nitrogens with two attached hydrogens (primary N) is 1. The highest BCUT2D eigenvalue weighted by atomic mass is 15.1. The SMILES string of the molecule is Cc1nc2nc(N)cc(C3Cc4cc(CN(C)C5CCC5)ccc4N3)c2[nH]1. The molecule has 27 heavy (non-hydrogen) atoms. The van der Waals surface area contributed by atoms with Crippen molar-refractivity contribution in [1.29, 1.82) is 0 Å². The number of rotatable bonds is 4. The second-order valence-electron chi connectivity index (χ2n) is 8.05. The molecule has 1 aromatic carbocycles. The lowest BCUT2D eigenvalue weighted by molar-refractivity contribution is 0.152. The maximum absolute atomic E-state index is 6.03. The van der Waals surface area contributed by atoms with Crippen molar-refractivity contribution in [1.82, 2.24) is 19.9 Å². The minimum atomic E-state index is 0.187. The average Bonchev–Trinajstić information content (AvgIpc) is 3.14. The van der Waals surface area contributed by atoms with Crippen molar-refractivity contribution in [2.45, 2.75) is 51.2 Å². The van der Waals surface area contributed by atoms with Crippen molar-refractivity contribution in [3.63, 3.8) is 0 Å². The van der Waals surface area contributed by atoms with Crippen LogP contribution in [0.5, 0.6) is 0 Å². The number of aromatic amines is 1. The number of aryl methyl sites for hydroxylation is 1. The molecule has 5 rings (SSSR count). The number of pyridine rings is 1. The fraction of sp³-hybridized carbons (Fsp3) is 0.429. The van der Waals surface area contributed by atoms with Gasteiger partial charge in [0.05, 0.1) is 11.6 Å². The molecule has 2 aromatic heterocycles. The number of hydrogen-bond acceptors (Lipinski definition) is 5. The number of hydrogen-bond donors (Lipinski definition) is 3. The molecule has 0 radical (unpaired) electrons. The highest BCUT2D eigenvalue weighted by Gasteiger charge is 2.26. The van der Waals surface area contributed by atoms with E-state index in [1.807, 2.05) is 13.0 Å². The van der Waals surface area contributed by atoms with Gasteiger partial charge in [0.1, 0.15) is 11.6 Å². The second-order valence-corrected chi connectivity index (χ2v) is 8.05. The van der Waals surface area contributed by atoms with Crippen LogP contribution < -0.4 is 11.1 Å². The quantitative estimate of drug-likeness (QED) is 0.661. The fourth-order valence-electron chi connectivity index (χ4n) is 4.37. The van der Waals surface area contributed by atoms with Crippen LogP contribution >= 0.6 is 0 Å². The van der Waals surface area contributed by atoms with E-state index in [2.05, 4.69) is 50.4 Å². The Labute approximate surface area is 159 Å². The summed E-state index contributed by atoms with van der Waals surface area (Å²) in [4.78, 5) is 14.6. The Kier molecular flexibility index (Phi) is 3.82. The molecule has 2 aliphatic rings. The van der Waals surface area contributed by atoms with E-state index in [0.29, 0.717) is 11.5 Å². The number of nitrogen functional groups attached to an aromatic ring is 1. The molecule has 0 amide bonds. The largest absolute Gasteiger partial charge is 0.384 e.